The maximum absolute atomic E-state index is 12.4. The summed E-state index contributed by atoms with van der Waals surface area (Å²) in [5.74, 6) is -1.38. The van der Waals surface area contributed by atoms with Gasteiger partial charge in [0.15, 0.2) is 0 Å². The van der Waals surface area contributed by atoms with Crippen LogP contribution in [0.2, 0.25) is 5.02 Å². The summed E-state index contributed by atoms with van der Waals surface area (Å²) in [5.41, 5.74) is 1.93. The number of halogens is 1. The van der Waals surface area contributed by atoms with E-state index >= 15 is 0 Å². The number of amides is 2. The minimum absolute atomic E-state index is 0.205. The molecular formula is C19H19ClN2O4. The van der Waals surface area contributed by atoms with Crippen molar-refractivity contribution in [2.75, 3.05) is 23.9 Å². The Kier molecular flexibility index (Phi) is 6.36. The van der Waals surface area contributed by atoms with Crippen molar-refractivity contribution in [3.05, 3.63) is 58.6 Å². The molecule has 0 saturated heterocycles. The Morgan fingerprint density at radius 2 is 1.85 bits per heavy atom. The zero-order valence-electron chi connectivity index (χ0n) is 14.7. The number of esters is 1. The molecule has 2 aromatic carbocycles. The SMILES string of the molecule is COC(=O)c1ccccc1N(CC(=O)Nc1ccc(C)c(Cl)c1)C(C)=O. The van der Waals surface area contributed by atoms with Crippen LogP contribution >= 0.6 is 11.6 Å². The summed E-state index contributed by atoms with van der Waals surface area (Å²) >= 11 is 6.05. The Balaban J connectivity index is 2.23. The molecule has 0 radical (unpaired) electrons. The lowest BCUT2D eigenvalue weighted by atomic mass is 10.1. The maximum Gasteiger partial charge on any atom is 0.339 e. The van der Waals surface area contributed by atoms with E-state index in [1.807, 2.05) is 6.92 Å². The smallest absolute Gasteiger partial charge is 0.339 e. The molecule has 2 aromatic rings. The lowest BCUT2D eigenvalue weighted by Crippen LogP contribution is -2.37. The highest BCUT2D eigenvalue weighted by Gasteiger charge is 2.22. The Morgan fingerprint density at radius 3 is 2.46 bits per heavy atom. The van der Waals surface area contributed by atoms with Gasteiger partial charge in [-0.15, -0.1) is 0 Å². The Hall–Kier alpha value is -2.86. The summed E-state index contributed by atoms with van der Waals surface area (Å²) in [5, 5.41) is 3.22. The van der Waals surface area contributed by atoms with Crippen LogP contribution in [0.3, 0.4) is 0 Å². The van der Waals surface area contributed by atoms with Crippen molar-refractivity contribution in [3.8, 4) is 0 Å². The molecular weight excluding hydrogens is 356 g/mol. The second-order valence-corrected chi connectivity index (χ2v) is 6.03. The Morgan fingerprint density at radius 1 is 1.15 bits per heavy atom. The molecule has 0 spiro atoms. The lowest BCUT2D eigenvalue weighted by molar-refractivity contribution is -0.120. The number of aryl methyl sites for hydroxylation is 1. The number of benzene rings is 2. The van der Waals surface area contributed by atoms with Gasteiger partial charge in [0.1, 0.15) is 6.54 Å². The highest BCUT2D eigenvalue weighted by molar-refractivity contribution is 6.31. The quantitative estimate of drug-likeness (QED) is 0.813. The van der Waals surface area contributed by atoms with E-state index in [0.29, 0.717) is 16.4 Å². The minimum Gasteiger partial charge on any atom is -0.465 e. The third-order valence-corrected chi connectivity index (χ3v) is 4.14. The number of para-hydroxylation sites is 1. The van der Waals surface area contributed by atoms with E-state index in [1.54, 1.807) is 36.4 Å². The second kappa shape index (κ2) is 8.49. The largest absolute Gasteiger partial charge is 0.465 e. The van der Waals surface area contributed by atoms with Crippen LogP contribution in [0.25, 0.3) is 0 Å². The number of nitrogens with zero attached hydrogens (tertiary/aromatic N) is 1. The van der Waals surface area contributed by atoms with Gasteiger partial charge in [-0.25, -0.2) is 4.79 Å². The number of carbonyl (C=O) groups is 3. The van der Waals surface area contributed by atoms with Gasteiger partial charge in [0.05, 0.1) is 18.4 Å². The molecule has 0 aliphatic heterocycles. The first kappa shape index (κ1) is 19.5. The number of hydrogen-bond acceptors (Lipinski definition) is 4. The van der Waals surface area contributed by atoms with Crippen molar-refractivity contribution in [2.24, 2.45) is 0 Å². The summed E-state index contributed by atoms with van der Waals surface area (Å²) in [6.45, 7) is 2.92. The number of rotatable bonds is 5. The number of nitrogens with one attached hydrogen (secondary N) is 1. The third kappa shape index (κ3) is 4.61. The van der Waals surface area contributed by atoms with Crippen molar-refractivity contribution < 1.29 is 19.1 Å². The van der Waals surface area contributed by atoms with E-state index in [9.17, 15) is 14.4 Å². The molecule has 7 heteroatoms. The molecule has 0 aromatic heterocycles. The summed E-state index contributed by atoms with van der Waals surface area (Å²) < 4.78 is 4.74. The molecule has 0 unspecified atom stereocenters. The molecule has 6 nitrogen and oxygen atoms in total. The highest BCUT2D eigenvalue weighted by atomic mass is 35.5. The van der Waals surface area contributed by atoms with Crippen LogP contribution in [-0.4, -0.2) is 31.4 Å². The van der Waals surface area contributed by atoms with E-state index in [4.69, 9.17) is 16.3 Å². The molecule has 0 heterocycles. The zero-order chi connectivity index (χ0) is 19.3. The lowest BCUT2D eigenvalue weighted by Gasteiger charge is -2.22. The number of anilines is 2. The normalized spacial score (nSPS) is 10.2. The number of carbonyl (C=O) groups excluding carboxylic acids is 3. The third-order valence-electron chi connectivity index (χ3n) is 3.74. The van der Waals surface area contributed by atoms with Gasteiger partial charge in [-0.1, -0.05) is 29.8 Å². The van der Waals surface area contributed by atoms with E-state index in [-0.39, 0.29) is 18.0 Å². The van der Waals surface area contributed by atoms with E-state index < -0.39 is 11.9 Å². The average Bonchev–Trinajstić information content (AvgIpc) is 2.62. The molecule has 2 amide bonds. The zero-order valence-corrected chi connectivity index (χ0v) is 15.5. The highest BCUT2D eigenvalue weighted by Crippen LogP contribution is 2.23. The molecule has 0 atom stereocenters. The van der Waals surface area contributed by atoms with Crippen molar-refractivity contribution in [2.45, 2.75) is 13.8 Å². The van der Waals surface area contributed by atoms with Crippen LogP contribution in [0.5, 0.6) is 0 Å². The number of ether oxygens (including phenoxy) is 1. The molecule has 26 heavy (non-hydrogen) atoms. The van der Waals surface area contributed by atoms with Crippen LogP contribution in [-0.2, 0) is 14.3 Å². The van der Waals surface area contributed by atoms with Crippen LogP contribution in [0.4, 0.5) is 11.4 Å². The predicted octanol–water partition coefficient (Wildman–Crippen LogP) is 3.43. The molecule has 0 aliphatic rings. The topological polar surface area (TPSA) is 75.7 Å². The monoisotopic (exact) mass is 374 g/mol. The Bertz CT molecular complexity index is 851. The van der Waals surface area contributed by atoms with Crippen LogP contribution in [0, 0.1) is 6.92 Å². The van der Waals surface area contributed by atoms with Gasteiger partial charge in [0, 0.05) is 17.6 Å². The van der Waals surface area contributed by atoms with E-state index in [1.165, 1.54) is 25.0 Å². The van der Waals surface area contributed by atoms with Crippen LogP contribution in [0.15, 0.2) is 42.5 Å². The van der Waals surface area contributed by atoms with Crippen LogP contribution < -0.4 is 10.2 Å². The first-order valence-corrected chi connectivity index (χ1v) is 8.22. The van der Waals surface area contributed by atoms with Gasteiger partial charge in [-0.2, -0.15) is 0 Å². The van der Waals surface area contributed by atoms with Crippen molar-refractivity contribution in [1.29, 1.82) is 0 Å². The fourth-order valence-electron chi connectivity index (χ4n) is 2.37. The van der Waals surface area contributed by atoms with Gasteiger partial charge in [-0.3, -0.25) is 9.59 Å². The predicted molar refractivity (Wildman–Crippen MR) is 101 cm³/mol. The number of hydrogen-bond donors (Lipinski definition) is 1. The first-order chi connectivity index (χ1) is 12.3. The fourth-order valence-corrected chi connectivity index (χ4v) is 2.55. The molecule has 1 N–H and O–H groups in total. The molecule has 0 saturated carbocycles. The van der Waals surface area contributed by atoms with E-state index in [0.717, 1.165) is 5.56 Å². The van der Waals surface area contributed by atoms with Gasteiger partial charge in [-0.05, 0) is 36.8 Å². The van der Waals surface area contributed by atoms with Crippen molar-refractivity contribution >= 4 is 40.8 Å². The van der Waals surface area contributed by atoms with Crippen molar-refractivity contribution in [1.82, 2.24) is 0 Å². The second-order valence-electron chi connectivity index (χ2n) is 5.63. The van der Waals surface area contributed by atoms with Gasteiger partial charge in [0.2, 0.25) is 11.8 Å². The van der Waals surface area contributed by atoms with Crippen molar-refractivity contribution in [3.63, 3.8) is 0 Å². The van der Waals surface area contributed by atoms with Gasteiger partial charge in [0.25, 0.3) is 0 Å². The molecule has 136 valence electrons. The van der Waals surface area contributed by atoms with E-state index in [2.05, 4.69) is 5.32 Å². The summed E-state index contributed by atoms with van der Waals surface area (Å²) in [4.78, 5) is 37.6. The average molecular weight is 375 g/mol. The summed E-state index contributed by atoms with van der Waals surface area (Å²) in [7, 11) is 1.26. The summed E-state index contributed by atoms with van der Waals surface area (Å²) in [6, 6.07) is 11.6. The minimum atomic E-state index is -0.586. The van der Waals surface area contributed by atoms with Crippen LogP contribution in [0.1, 0.15) is 22.8 Å². The molecule has 0 aliphatic carbocycles. The first-order valence-electron chi connectivity index (χ1n) is 7.85. The molecule has 2 rings (SSSR count). The van der Waals surface area contributed by atoms with Gasteiger partial charge < -0.3 is 15.0 Å². The standard InChI is InChI=1S/C19H19ClN2O4/c1-12-8-9-14(10-16(12)20)21-18(24)11-22(13(2)23)17-7-5-4-6-15(17)19(25)26-3/h4-10H,11H2,1-3H3,(H,21,24). The summed E-state index contributed by atoms with van der Waals surface area (Å²) in [6.07, 6.45) is 0. The van der Waals surface area contributed by atoms with Gasteiger partial charge >= 0.3 is 5.97 Å². The molecule has 0 fully saturated rings. The maximum atomic E-state index is 12.4. The number of methoxy groups -OCH3 is 1. The fraction of sp³-hybridized carbons (Fsp3) is 0.211. The Labute approximate surface area is 156 Å². The molecule has 0 bridgehead atoms.